The van der Waals surface area contributed by atoms with Gasteiger partial charge < -0.3 is 9.80 Å². The molecule has 0 aliphatic rings. The van der Waals surface area contributed by atoms with E-state index in [1.54, 1.807) is 0 Å². The zero-order valence-corrected chi connectivity index (χ0v) is 11.4. The quantitative estimate of drug-likeness (QED) is 0.799. The number of nitrogens with zero attached hydrogens (tertiary/aromatic N) is 2. The molecular formula is C14H22N2O. The summed E-state index contributed by atoms with van der Waals surface area (Å²) in [6, 6.07) is 5.89. The van der Waals surface area contributed by atoms with Crippen molar-refractivity contribution in [3.05, 3.63) is 29.3 Å². The van der Waals surface area contributed by atoms with Gasteiger partial charge in [-0.15, -0.1) is 0 Å². The Balaban J connectivity index is 3.14. The van der Waals surface area contributed by atoms with Gasteiger partial charge in [-0.3, -0.25) is 4.79 Å². The molecule has 94 valence electrons. The molecule has 17 heavy (non-hydrogen) atoms. The Labute approximate surface area is 104 Å². The molecule has 0 heterocycles. The zero-order chi connectivity index (χ0) is 13.0. The topological polar surface area (TPSA) is 23.6 Å². The summed E-state index contributed by atoms with van der Waals surface area (Å²) in [6.45, 7) is 7.52. The average molecular weight is 234 g/mol. The number of carbonyl (C=O) groups is 1. The average Bonchev–Trinajstić information content (AvgIpc) is 2.30. The van der Waals surface area contributed by atoms with E-state index < -0.39 is 0 Å². The fraction of sp³-hybridized carbons (Fsp3) is 0.500. The van der Waals surface area contributed by atoms with Gasteiger partial charge in [0.15, 0.2) is 0 Å². The summed E-state index contributed by atoms with van der Waals surface area (Å²) in [5.41, 5.74) is 2.96. The molecule has 1 aromatic carbocycles. The van der Waals surface area contributed by atoms with E-state index >= 15 is 0 Å². The van der Waals surface area contributed by atoms with Gasteiger partial charge in [0.2, 0.25) is 0 Å². The van der Waals surface area contributed by atoms with E-state index in [2.05, 4.69) is 0 Å². The molecule has 0 aromatic heterocycles. The second-order valence-corrected chi connectivity index (χ2v) is 4.32. The molecule has 0 saturated carbocycles. The number of benzene rings is 1. The number of carbonyl (C=O) groups excluding carboxylic acids is 1. The molecule has 3 nitrogen and oxygen atoms in total. The first-order valence-electron chi connectivity index (χ1n) is 6.09. The van der Waals surface area contributed by atoms with Gasteiger partial charge in [0, 0.05) is 38.4 Å². The van der Waals surface area contributed by atoms with Crippen LogP contribution in [-0.4, -0.2) is 38.0 Å². The first-order valence-corrected chi connectivity index (χ1v) is 6.09. The lowest BCUT2D eigenvalue weighted by molar-refractivity contribution is 0.0772. The van der Waals surface area contributed by atoms with E-state index in [1.807, 2.05) is 62.9 Å². The van der Waals surface area contributed by atoms with Gasteiger partial charge >= 0.3 is 0 Å². The molecule has 1 amide bonds. The SMILES string of the molecule is CCN(CC)C(=O)c1cccc(N(C)C)c1C. The molecule has 0 fully saturated rings. The summed E-state index contributed by atoms with van der Waals surface area (Å²) in [7, 11) is 3.99. The maximum absolute atomic E-state index is 12.3. The molecular weight excluding hydrogens is 212 g/mol. The Morgan fingerprint density at radius 2 is 1.76 bits per heavy atom. The first kappa shape index (κ1) is 13.6. The summed E-state index contributed by atoms with van der Waals surface area (Å²) in [5.74, 6) is 0.121. The van der Waals surface area contributed by atoms with E-state index in [-0.39, 0.29) is 5.91 Å². The summed E-state index contributed by atoms with van der Waals surface area (Å²) in [5, 5.41) is 0. The Morgan fingerprint density at radius 1 is 1.18 bits per heavy atom. The van der Waals surface area contributed by atoms with Crippen molar-refractivity contribution in [3.8, 4) is 0 Å². The highest BCUT2D eigenvalue weighted by Crippen LogP contribution is 2.22. The number of hydrogen-bond donors (Lipinski definition) is 0. The lowest BCUT2D eigenvalue weighted by Crippen LogP contribution is -2.31. The third kappa shape index (κ3) is 2.78. The van der Waals surface area contributed by atoms with Crippen LogP contribution in [0.15, 0.2) is 18.2 Å². The predicted molar refractivity (Wildman–Crippen MR) is 72.8 cm³/mol. The maximum Gasteiger partial charge on any atom is 0.254 e. The molecule has 0 aliphatic carbocycles. The predicted octanol–water partition coefficient (Wildman–Crippen LogP) is 2.54. The molecule has 1 aromatic rings. The molecule has 1 rings (SSSR count). The van der Waals surface area contributed by atoms with Crippen LogP contribution in [-0.2, 0) is 0 Å². The Morgan fingerprint density at radius 3 is 2.24 bits per heavy atom. The Bertz CT molecular complexity index is 395. The first-order chi connectivity index (χ1) is 8.02. The van der Waals surface area contributed by atoms with Crippen molar-refractivity contribution in [2.45, 2.75) is 20.8 Å². The monoisotopic (exact) mass is 234 g/mol. The van der Waals surface area contributed by atoms with Gasteiger partial charge in [-0.25, -0.2) is 0 Å². The largest absolute Gasteiger partial charge is 0.377 e. The zero-order valence-electron chi connectivity index (χ0n) is 11.4. The van der Waals surface area contributed by atoms with E-state index in [9.17, 15) is 4.79 Å². The summed E-state index contributed by atoms with van der Waals surface area (Å²) < 4.78 is 0. The van der Waals surface area contributed by atoms with E-state index in [4.69, 9.17) is 0 Å². The molecule has 0 bridgehead atoms. The number of hydrogen-bond acceptors (Lipinski definition) is 2. The molecule has 0 spiro atoms. The van der Waals surface area contributed by atoms with Gasteiger partial charge in [-0.2, -0.15) is 0 Å². The van der Waals surface area contributed by atoms with Crippen LogP contribution in [0.5, 0.6) is 0 Å². The van der Waals surface area contributed by atoms with E-state index in [0.717, 1.165) is 29.9 Å². The van der Waals surface area contributed by atoms with Gasteiger partial charge in [-0.1, -0.05) is 6.07 Å². The van der Waals surface area contributed by atoms with Crippen LogP contribution < -0.4 is 4.90 Å². The molecule has 0 radical (unpaired) electrons. The second-order valence-electron chi connectivity index (χ2n) is 4.32. The van der Waals surface area contributed by atoms with Crippen LogP contribution in [0.25, 0.3) is 0 Å². The third-order valence-electron chi connectivity index (χ3n) is 3.07. The lowest BCUT2D eigenvalue weighted by atomic mass is 10.0. The highest BCUT2D eigenvalue weighted by atomic mass is 16.2. The standard InChI is InChI=1S/C14H22N2O/c1-6-16(7-2)14(17)12-9-8-10-13(11(12)3)15(4)5/h8-10H,6-7H2,1-5H3. The molecule has 0 N–H and O–H groups in total. The number of anilines is 1. The van der Waals surface area contributed by atoms with Crippen LogP contribution >= 0.6 is 0 Å². The van der Waals surface area contributed by atoms with Crippen LogP contribution in [0.4, 0.5) is 5.69 Å². The van der Waals surface area contributed by atoms with Crippen molar-refractivity contribution in [3.63, 3.8) is 0 Å². The van der Waals surface area contributed by atoms with Crippen molar-refractivity contribution in [2.75, 3.05) is 32.1 Å². The minimum absolute atomic E-state index is 0.121. The van der Waals surface area contributed by atoms with Crippen LogP contribution in [0.2, 0.25) is 0 Å². The fourth-order valence-corrected chi connectivity index (χ4v) is 2.02. The summed E-state index contributed by atoms with van der Waals surface area (Å²) in [4.78, 5) is 16.2. The highest BCUT2D eigenvalue weighted by molar-refractivity contribution is 5.97. The summed E-state index contributed by atoms with van der Waals surface area (Å²) >= 11 is 0. The third-order valence-corrected chi connectivity index (χ3v) is 3.07. The van der Waals surface area contributed by atoms with Crippen LogP contribution in [0.3, 0.4) is 0 Å². The minimum Gasteiger partial charge on any atom is -0.377 e. The highest BCUT2D eigenvalue weighted by Gasteiger charge is 2.16. The summed E-state index contributed by atoms with van der Waals surface area (Å²) in [6.07, 6.45) is 0. The maximum atomic E-state index is 12.3. The van der Waals surface area contributed by atoms with Gasteiger partial charge in [0.25, 0.3) is 5.91 Å². The van der Waals surface area contributed by atoms with Gasteiger partial charge in [0.05, 0.1) is 0 Å². The van der Waals surface area contributed by atoms with Crippen molar-refractivity contribution in [1.82, 2.24) is 4.90 Å². The molecule has 0 aliphatic heterocycles. The van der Waals surface area contributed by atoms with Crippen LogP contribution in [0.1, 0.15) is 29.8 Å². The van der Waals surface area contributed by atoms with Crippen molar-refractivity contribution >= 4 is 11.6 Å². The smallest absolute Gasteiger partial charge is 0.254 e. The molecule has 0 unspecified atom stereocenters. The normalized spacial score (nSPS) is 10.2. The molecule has 0 atom stereocenters. The number of amides is 1. The molecule has 0 saturated heterocycles. The van der Waals surface area contributed by atoms with E-state index in [0.29, 0.717) is 0 Å². The Kier molecular flexibility index (Phi) is 4.55. The van der Waals surface area contributed by atoms with Crippen molar-refractivity contribution in [2.24, 2.45) is 0 Å². The lowest BCUT2D eigenvalue weighted by Gasteiger charge is -2.22. The molecule has 3 heteroatoms. The van der Waals surface area contributed by atoms with Crippen LogP contribution in [0, 0.1) is 6.92 Å². The van der Waals surface area contributed by atoms with Crippen molar-refractivity contribution < 1.29 is 4.79 Å². The second kappa shape index (κ2) is 5.71. The fourth-order valence-electron chi connectivity index (χ4n) is 2.02. The minimum atomic E-state index is 0.121. The Hall–Kier alpha value is -1.51. The van der Waals surface area contributed by atoms with Crippen molar-refractivity contribution in [1.29, 1.82) is 0 Å². The van der Waals surface area contributed by atoms with Gasteiger partial charge in [-0.05, 0) is 38.5 Å². The van der Waals surface area contributed by atoms with E-state index in [1.165, 1.54) is 0 Å². The van der Waals surface area contributed by atoms with Gasteiger partial charge in [0.1, 0.15) is 0 Å². The number of rotatable bonds is 4.